The number of carbonyl (C=O) groups excluding carboxylic acids is 2. The molecule has 0 aliphatic carbocycles. The summed E-state index contributed by atoms with van der Waals surface area (Å²) in [5.74, 6) is 0.0609. The molecule has 2 rings (SSSR count). The molecular weight excluding hydrogens is 266 g/mol. The SMILES string of the molecule is CCC(=O)Nc1cccc(C(=O)CN2CCN(C)CC2)c1. The van der Waals surface area contributed by atoms with E-state index in [0.29, 0.717) is 24.2 Å². The van der Waals surface area contributed by atoms with E-state index in [-0.39, 0.29) is 11.7 Å². The highest BCUT2D eigenvalue weighted by molar-refractivity contribution is 5.99. The standard InChI is InChI=1S/C16H23N3O2/c1-3-16(21)17-14-6-4-5-13(11-14)15(20)12-19-9-7-18(2)8-10-19/h4-6,11H,3,7-10,12H2,1-2H3,(H,17,21). The zero-order chi connectivity index (χ0) is 15.2. The monoisotopic (exact) mass is 289 g/mol. The molecule has 0 saturated carbocycles. The topological polar surface area (TPSA) is 52.7 Å². The van der Waals surface area contributed by atoms with Crippen molar-refractivity contribution in [2.45, 2.75) is 13.3 Å². The van der Waals surface area contributed by atoms with Crippen LogP contribution in [0.1, 0.15) is 23.7 Å². The third-order valence-electron chi connectivity index (χ3n) is 3.75. The Hall–Kier alpha value is -1.72. The highest BCUT2D eigenvalue weighted by Crippen LogP contribution is 2.12. The fraction of sp³-hybridized carbons (Fsp3) is 0.500. The van der Waals surface area contributed by atoms with Gasteiger partial charge in [-0.25, -0.2) is 0 Å². The molecule has 5 heteroatoms. The Morgan fingerprint density at radius 3 is 2.57 bits per heavy atom. The molecule has 1 aliphatic rings. The van der Waals surface area contributed by atoms with E-state index in [1.807, 2.05) is 6.07 Å². The number of nitrogens with one attached hydrogen (secondary N) is 1. The van der Waals surface area contributed by atoms with Gasteiger partial charge < -0.3 is 10.2 Å². The molecular formula is C16H23N3O2. The number of Topliss-reactive ketones (excluding diaryl/α,β-unsaturated/α-hetero) is 1. The molecule has 114 valence electrons. The van der Waals surface area contributed by atoms with E-state index in [4.69, 9.17) is 0 Å². The second kappa shape index (κ2) is 7.33. The molecule has 1 aromatic rings. The van der Waals surface area contributed by atoms with Crippen LogP contribution in [0.15, 0.2) is 24.3 Å². The van der Waals surface area contributed by atoms with Crippen molar-refractivity contribution in [2.24, 2.45) is 0 Å². The van der Waals surface area contributed by atoms with E-state index in [1.165, 1.54) is 0 Å². The van der Waals surface area contributed by atoms with Crippen molar-refractivity contribution in [1.82, 2.24) is 9.80 Å². The molecule has 21 heavy (non-hydrogen) atoms. The summed E-state index contributed by atoms with van der Waals surface area (Å²) in [4.78, 5) is 28.2. The number of hydrogen-bond donors (Lipinski definition) is 1. The molecule has 1 saturated heterocycles. The Morgan fingerprint density at radius 2 is 1.90 bits per heavy atom. The van der Waals surface area contributed by atoms with Gasteiger partial charge in [-0.05, 0) is 19.2 Å². The van der Waals surface area contributed by atoms with E-state index in [1.54, 1.807) is 25.1 Å². The van der Waals surface area contributed by atoms with Crippen LogP contribution < -0.4 is 5.32 Å². The number of ketones is 1. The van der Waals surface area contributed by atoms with Crippen LogP contribution in [0, 0.1) is 0 Å². The maximum atomic E-state index is 12.3. The van der Waals surface area contributed by atoms with Crippen LogP contribution in [0.2, 0.25) is 0 Å². The average Bonchev–Trinajstić information content (AvgIpc) is 2.49. The van der Waals surface area contributed by atoms with E-state index < -0.39 is 0 Å². The highest BCUT2D eigenvalue weighted by Gasteiger charge is 2.17. The summed E-state index contributed by atoms with van der Waals surface area (Å²) in [6, 6.07) is 7.18. The summed E-state index contributed by atoms with van der Waals surface area (Å²) in [6.07, 6.45) is 0.430. The van der Waals surface area contributed by atoms with Gasteiger partial charge in [-0.3, -0.25) is 14.5 Å². The molecule has 0 radical (unpaired) electrons. The molecule has 1 amide bonds. The van der Waals surface area contributed by atoms with Crippen LogP contribution in [-0.2, 0) is 4.79 Å². The van der Waals surface area contributed by atoms with Gasteiger partial charge >= 0.3 is 0 Å². The maximum absolute atomic E-state index is 12.3. The van der Waals surface area contributed by atoms with E-state index >= 15 is 0 Å². The number of piperazine rings is 1. The second-order valence-corrected chi connectivity index (χ2v) is 5.49. The van der Waals surface area contributed by atoms with Gasteiger partial charge in [0.2, 0.25) is 5.91 Å². The van der Waals surface area contributed by atoms with Crippen LogP contribution in [-0.4, -0.2) is 61.3 Å². The van der Waals surface area contributed by atoms with Gasteiger partial charge in [0.05, 0.1) is 6.54 Å². The first kappa shape index (κ1) is 15.7. The van der Waals surface area contributed by atoms with Crippen molar-refractivity contribution in [3.63, 3.8) is 0 Å². The van der Waals surface area contributed by atoms with Gasteiger partial charge in [-0.1, -0.05) is 19.1 Å². The quantitative estimate of drug-likeness (QED) is 0.834. The normalized spacial score (nSPS) is 16.7. The van der Waals surface area contributed by atoms with Crippen LogP contribution >= 0.6 is 0 Å². The lowest BCUT2D eigenvalue weighted by Crippen LogP contribution is -2.46. The maximum Gasteiger partial charge on any atom is 0.224 e. The second-order valence-electron chi connectivity index (χ2n) is 5.49. The Kier molecular flexibility index (Phi) is 5.47. The van der Waals surface area contributed by atoms with Crippen molar-refractivity contribution >= 4 is 17.4 Å². The van der Waals surface area contributed by atoms with Gasteiger partial charge in [0.15, 0.2) is 5.78 Å². The molecule has 1 heterocycles. The number of likely N-dealkylation sites (N-methyl/N-ethyl adjacent to an activating group) is 1. The molecule has 0 bridgehead atoms. The summed E-state index contributed by atoms with van der Waals surface area (Å²) in [6.45, 7) is 6.10. The van der Waals surface area contributed by atoms with Gasteiger partial charge in [-0.15, -0.1) is 0 Å². The summed E-state index contributed by atoms with van der Waals surface area (Å²) >= 11 is 0. The zero-order valence-corrected chi connectivity index (χ0v) is 12.8. The Morgan fingerprint density at radius 1 is 1.19 bits per heavy atom. The first-order chi connectivity index (χ1) is 10.1. The minimum Gasteiger partial charge on any atom is -0.326 e. The predicted octanol–water partition coefficient (Wildman–Crippen LogP) is 1.47. The summed E-state index contributed by atoms with van der Waals surface area (Å²) < 4.78 is 0. The minimum atomic E-state index is -0.0429. The molecule has 1 N–H and O–H groups in total. The molecule has 1 aliphatic heterocycles. The molecule has 1 aromatic carbocycles. The van der Waals surface area contributed by atoms with Gasteiger partial charge in [-0.2, -0.15) is 0 Å². The molecule has 0 unspecified atom stereocenters. The lowest BCUT2D eigenvalue weighted by atomic mass is 10.1. The third kappa shape index (κ3) is 4.65. The fourth-order valence-corrected chi connectivity index (χ4v) is 2.32. The Labute approximate surface area is 125 Å². The first-order valence-corrected chi connectivity index (χ1v) is 7.42. The van der Waals surface area contributed by atoms with Gasteiger partial charge in [0.25, 0.3) is 0 Å². The van der Waals surface area contributed by atoms with E-state index in [9.17, 15) is 9.59 Å². The molecule has 0 spiro atoms. The van der Waals surface area contributed by atoms with Crippen molar-refractivity contribution < 1.29 is 9.59 Å². The number of anilines is 1. The number of carbonyl (C=O) groups is 2. The summed E-state index contributed by atoms with van der Waals surface area (Å²) in [5.41, 5.74) is 1.34. The van der Waals surface area contributed by atoms with E-state index in [0.717, 1.165) is 26.2 Å². The minimum absolute atomic E-state index is 0.0429. The van der Waals surface area contributed by atoms with Crippen molar-refractivity contribution in [3.8, 4) is 0 Å². The number of nitrogens with zero attached hydrogens (tertiary/aromatic N) is 2. The molecule has 0 aromatic heterocycles. The zero-order valence-electron chi connectivity index (χ0n) is 12.8. The first-order valence-electron chi connectivity index (χ1n) is 7.42. The highest BCUT2D eigenvalue weighted by atomic mass is 16.1. The lowest BCUT2D eigenvalue weighted by Gasteiger charge is -2.31. The number of benzene rings is 1. The lowest BCUT2D eigenvalue weighted by molar-refractivity contribution is -0.115. The van der Waals surface area contributed by atoms with Gasteiger partial charge in [0, 0.05) is 43.9 Å². The molecule has 1 fully saturated rings. The Bertz CT molecular complexity index is 508. The smallest absolute Gasteiger partial charge is 0.224 e. The van der Waals surface area contributed by atoms with Crippen LogP contribution in [0.25, 0.3) is 0 Å². The fourth-order valence-electron chi connectivity index (χ4n) is 2.32. The van der Waals surface area contributed by atoms with Crippen LogP contribution in [0.4, 0.5) is 5.69 Å². The van der Waals surface area contributed by atoms with Crippen molar-refractivity contribution in [2.75, 3.05) is 45.1 Å². The van der Waals surface area contributed by atoms with Crippen LogP contribution in [0.3, 0.4) is 0 Å². The van der Waals surface area contributed by atoms with Crippen LogP contribution in [0.5, 0.6) is 0 Å². The largest absolute Gasteiger partial charge is 0.326 e. The average molecular weight is 289 g/mol. The predicted molar refractivity (Wildman–Crippen MR) is 83.6 cm³/mol. The third-order valence-corrected chi connectivity index (χ3v) is 3.75. The van der Waals surface area contributed by atoms with Crippen molar-refractivity contribution in [3.05, 3.63) is 29.8 Å². The summed E-state index contributed by atoms with van der Waals surface area (Å²) in [7, 11) is 2.10. The summed E-state index contributed by atoms with van der Waals surface area (Å²) in [5, 5.41) is 2.78. The van der Waals surface area contributed by atoms with Gasteiger partial charge in [0.1, 0.15) is 0 Å². The Balaban J connectivity index is 1.95. The number of amides is 1. The number of rotatable bonds is 5. The molecule has 5 nitrogen and oxygen atoms in total. The molecule has 0 atom stereocenters. The van der Waals surface area contributed by atoms with E-state index in [2.05, 4.69) is 22.2 Å². The van der Waals surface area contributed by atoms with Crippen molar-refractivity contribution in [1.29, 1.82) is 0 Å². The number of hydrogen-bond acceptors (Lipinski definition) is 4.